The van der Waals surface area contributed by atoms with Crippen molar-refractivity contribution in [2.45, 2.75) is 6.92 Å². The van der Waals surface area contributed by atoms with E-state index in [0.29, 0.717) is 11.6 Å². The molecule has 0 aliphatic carbocycles. The Balaban J connectivity index is 1.95. The van der Waals surface area contributed by atoms with Gasteiger partial charge in [0, 0.05) is 16.8 Å². The lowest BCUT2D eigenvalue weighted by atomic mass is 10.2. The summed E-state index contributed by atoms with van der Waals surface area (Å²) in [5.41, 5.74) is 10.1. The number of rotatable bonds is 2. The first-order valence-corrected chi connectivity index (χ1v) is 6.60. The van der Waals surface area contributed by atoms with E-state index in [1.54, 1.807) is 0 Å². The highest BCUT2D eigenvalue weighted by Gasteiger charge is 2.06. The third kappa shape index (κ3) is 2.53. The van der Waals surface area contributed by atoms with Crippen LogP contribution in [-0.4, -0.2) is 4.98 Å². The Hall–Kier alpha value is -2.26. The van der Waals surface area contributed by atoms with Crippen LogP contribution < -0.4 is 5.73 Å². The second-order valence-electron chi connectivity index (χ2n) is 4.62. The number of oxazole rings is 1. The van der Waals surface area contributed by atoms with E-state index in [0.717, 1.165) is 27.2 Å². The Morgan fingerprint density at radius 1 is 1.15 bits per heavy atom. The van der Waals surface area contributed by atoms with Crippen LogP contribution in [0, 0.1) is 6.92 Å². The number of nitrogen functional groups attached to an aromatic ring is 1. The van der Waals surface area contributed by atoms with Gasteiger partial charge in [0.2, 0.25) is 5.89 Å². The zero-order chi connectivity index (χ0) is 14.1. The molecule has 20 heavy (non-hydrogen) atoms. The van der Waals surface area contributed by atoms with Gasteiger partial charge in [-0.25, -0.2) is 4.98 Å². The summed E-state index contributed by atoms with van der Waals surface area (Å²) in [6, 6.07) is 11.2. The maximum Gasteiger partial charge on any atom is 0.220 e. The van der Waals surface area contributed by atoms with Gasteiger partial charge < -0.3 is 10.2 Å². The van der Waals surface area contributed by atoms with Crippen LogP contribution in [-0.2, 0) is 0 Å². The first-order valence-electron chi connectivity index (χ1n) is 6.22. The number of nitrogens with zero attached hydrogens (tertiary/aromatic N) is 1. The van der Waals surface area contributed by atoms with Crippen LogP contribution in [0.4, 0.5) is 5.69 Å². The van der Waals surface area contributed by atoms with Gasteiger partial charge in [-0.1, -0.05) is 23.7 Å². The van der Waals surface area contributed by atoms with Crippen molar-refractivity contribution in [2.24, 2.45) is 0 Å². The van der Waals surface area contributed by atoms with Gasteiger partial charge >= 0.3 is 0 Å². The number of anilines is 1. The predicted molar refractivity (Wildman–Crippen MR) is 83.5 cm³/mol. The Kier molecular flexibility index (Phi) is 3.20. The minimum atomic E-state index is 0.559. The maximum absolute atomic E-state index is 5.85. The molecule has 2 N–H and O–H groups in total. The summed E-state index contributed by atoms with van der Waals surface area (Å²) in [4.78, 5) is 4.41. The van der Waals surface area contributed by atoms with Gasteiger partial charge in [0.1, 0.15) is 5.52 Å². The lowest BCUT2D eigenvalue weighted by molar-refractivity contribution is 0.587. The number of halogens is 1. The fourth-order valence-corrected chi connectivity index (χ4v) is 2.18. The molecule has 0 atom stereocenters. The number of hydrogen-bond donors (Lipinski definition) is 1. The summed E-state index contributed by atoms with van der Waals surface area (Å²) in [5.74, 6) is 0.559. The van der Waals surface area contributed by atoms with Crippen molar-refractivity contribution in [3.05, 3.63) is 58.4 Å². The average molecular weight is 285 g/mol. The van der Waals surface area contributed by atoms with E-state index in [1.165, 1.54) is 0 Å². The SMILES string of the molecule is Cc1cc(N)cc2nc(/C=C/c3ccc(Cl)cc3)oc12. The van der Waals surface area contributed by atoms with Gasteiger partial charge in [0.25, 0.3) is 0 Å². The number of aryl methyl sites for hydroxylation is 1. The summed E-state index contributed by atoms with van der Waals surface area (Å²) in [5, 5.41) is 0.718. The molecule has 3 aromatic rings. The summed E-state index contributed by atoms with van der Waals surface area (Å²) in [7, 11) is 0. The van der Waals surface area contributed by atoms with Crippen molar-refractivity contribution in [3.63, 3.8) is 0 Å². The second-order valence-corrected chi connectivity index (χ2v) is 5.06. The van der Waals surface area contributed by atoms with Crippen LogP contribution in [0.3, 0.4) is 0 Å². The lowest BCUT2D eigenvalue weighted by Gasteiger charge is -1.95. The largest absolute Gasteiger partial charge is 0.436 e. The van der Waals surface area contributed by atoms with Gasteiger partial charge in [-0.15, -0.1) is 0 Å². The molecule has 0 radical (unpaired) electrons. The summed E-state index contributed by atoms with van der Waals surface area (Å²) < 4.78 is 5.72. The fourth-order valence-electron chi connectivity index (χ4n) is 2.06. The molecular weight excluding hydrogens is 272 g/mol. The van der Waals surface area contributed by atoms with Crippen molar-refractivity contribution >= 4 is 40.5 Å². The second kappa shape index (κ2) is 5.02. The molecule has 3 rings (SSSR count). The Bertz CT molecular complexity index is 788. The summed E-state index contributed by atoms with van der Waals surface area (Å²) in [6.07, 6.45) is 3.76. The van der Waals surface area contributed by atoms with E-state index in [9.17, 15) is 0 Å². The Morgan fingerprint density at radius 3 is 2.65 bits per heavy atom. The van der Waals surface area contributed by atoms with E-state index < -0.39 is 0 Å². The highest BCUT2D eigenvalue weighted by molar-refractivity contribution is 6.30. The third-order valence-electron chi connectivity index (χ3n) is 3.00. The van der Waals surface area contributed by atoms with Crippen molar-refractivity contribution < 1.29 is 4.42 Å². The summed E-state index contributed by atoms with van der Waals surface area (Å²) >= 11 is 5.85. The molecule has 3 nitrogen and oxygen atoms in total. The molecule has 4 heteroatoms. The minimum Gasteiger partial charge on any atom is -0.436 e. The molecule has 0 spiro atoms. The van der Waals surface area contributed by atoms with E-state index in [2.05, 4.69) is 4.98 Å². The standard InChI is InChI=1S/C16H13ClN2O/c1-10-8-13(18)9-14-16(10)20-15(19-14)7-4-11-2-5-12(17)6-3-11/h2-9H,18H2,1H3/b7-4+. The number of fused-ring (bicyclic) bond motifs is 1. The molecular formula is C16H13ClN2O. The molecule has 0 bridgehead atoms. The van der Waals surface area contributed by atoms with Crippen LogP contribution in [0.25, 0.3) is 23.3 Å². The van der Waals surface area contributed by atoms with Crippen molar-refractivity contribution in [3.8, 4) is 0 Å². The van der Waals surface area contributed by atoms with Gasteiger partial charge in [0.05, 0.1) is 0 Å². The van der Waals surface area contributed by atoms with E-state index in [-0.39, 0.29) is 0 Å². The van der Waals surface area contributed by atoms with Crippen LogP contribution in [0.1, 0.15) is 17.0 Å². The molecule has 0 fully saturated rings. The van der Waals surface area contributed by atoms with E-state index in [4.69, 9.17) is 21.8 Å². The molecule has 0 saturated heterocycles. The summed E-state index contributed by atoms with van der Waals surface area (Å²) in [6.45, 7) is 1.95. The fraction of sp³-hybridized carbons (Fsp3) is 0.0625. The highest BCUT2D eigenvalue weighted by Crippen LogP contribution is 2.23. The van der Waals surface area contributed by atoms with Gasteiger partial charge in [-0.05, 0) is 48.4 Å². The van der Waals surface area contributed by atoms with Gasteiger partial charge in [-0.2, -0.15) is 0 Å². The molecule has 0 unspecified atom stereocenters. The van der Waals surface area contributed by atoms with E-state index in [1.807, 2.05) is 55.5 Å². The predicted octanol–water partition coefficient (Wildman–Crippen LogP) is 4.54. The molecule has 1 aromatic heterocycles. The molecule has 0 amide bonds. The monoisotopic (exact) mass is 284 g/mol. The average Bonchev–Trinajstić information content (AvgIpc) is 2.81. The Labute approximate surface area is 121 Å². The number of aromatic nitrogens is 1. The van der Waals surface area contributed by atoms with Crippen LogP contribution >= 0.6 is 11.6 Å². The topological polar surface area (TPSA) is 52.0 Å². The third-order valence-corrected chi connectivity index (χ3v) is 3.25. The number of nitrogens with two attached hydrogens (primary N) is 1. The zero-order valence-electron chi connectivity index (χ0n) is 10.9. The smallest absolute Gasteiger partial charge is 0.220 e. The Morgan fingerprint density at radius 2 is 1.90 bits per heavy atom. The van der Waals surface area contributed by atoms with Gasteiger partial charge in [-0.3, -0.25) is 0 Å². The normalized spacial score (nSPS) is 11.5. The van der Waals surface area contributed by atoms with Crippen molar-refractivity contribution in [1.29, 1.82) is 0 Å². The number of benzene rings is 2. The minimum absolute atomic E-state index is 0.559. The zero-order valence-corrected chi connectivity index (χ0v) is 11.7. The molecule has 2 aromatic carbocycles. The molecule has 0 saturated carbocycles. The lowest BCUT2D eigenvalue weighted by Crippen LogP contribution is -1.85. The van der Waals surface area contributed by atoms with Crippen LogP contribution in [0.15, 0.2) is 40.8 Å². The molecule has 0 aliphatic heterocycles. The van der Waals surface area contributed by atoms with Crippen LogP contribution in [0.5, 0.6) is 0 Å². The first-order chi connectivity index (χ1) is 9.61. The van der Waals surface area contributed by atoms with Crippen LogP contribution in [0.2, 0.25) is 5.02 Å². The number of hydrogen-bond acceptors (Lipinski definition) is 3. The maximum atomic E-state index is 5.85. The van der Waals surface area contributed by atoms with Gasteiger partial charge in [0.15, 0.2) is 5.58 Å². The first kappa shape index (κ1) is 12.8. The highest BCUT2D eigenvalue weighted by atomic mass is 35.5. The molecule has 100 valence electrons. The molecule has 0 aliphatic rings. The quantitative estimate of drug-likeness (QED) is 0.703. The van der Waals surface area contributed by atoms with Crippen molar-refractivity contribution in [1.82, 2.24) is 4.98 Å². The molecule has 1 heterocycles. The van der Waals surface area contributed by atoms with E-state index >= 15 is 0 Å². The van der Waals surface area contributed by atoms with Crippen molar-refractivity contribution in [2.75, 3.05) is 5.73 Å².